The van der Waals surface area contributed by atoms with Gasteiger partial charge in [0.2, 0.25) is 0 Å². The van der Waals surface area contributed by atoms with Gasteiger partial charge in [-0.15, -0.1) is 10.2 Å². The van der Waals surface area contributed by atoms with Crippen LogP contribution >= 0.6 is 0 Å². The van der Waals surface area contributed by atoms with Gasteiger partial charge in [-0.25, -0.2) is 8.99 Å². The second kappa shape index (κ2) is 9.59. The SMILES string of the molecule is CS(=N)(=O)c1cccc(NC(=O)c2cc(C(F)(F)F)nnc2Oc2ccc(OC(F)F)cc2)c1. The number of nitrogens with one attached hydrogen (secondary N) is 2. The third-order valence-electron chi connectivity index (χ3n) is 4.10. The van der Waals surface area contributed by atoms with Crippen molar-refractivity contribution in [2.75, 3.05) is 11.6 Å². The first kappa shape index (κ1) is 24.8. The number of amides is 1. The largest absolute Gasteiger partial charge is 0.437 e. The van der Waals surface area contributed by atoms with Crippen LogP contribution in [0.2, 0.25) is 0 Å². The van der Waals surface area contributed by atoms with Crippen LogP contribution in [0.5, 0.6) is 17.4 Å². The Morgan fingerprint density at radius 1 is 1.06 bits per heavy atom. The molecule has 0 aliphatic carbocycles. The van der Waals surface area contributed by atoms with E-state index in [1.807, 2.05) is 0 Å². The van der Waals surface area contributed by atoms with Crippen LogP contribution in [0.15, 0.2) is 59.5 Å². The molecule has 1 atom stereocenters. The maximum absolute atomic E-state index is 13.1. The van der Waals surface area contributed by atoms with Crippen molar-refractivity contribution in [1.82, 2.24) is 10.2 Å². The number of benzene rings is 2. The van der Waals surface area contributed by atoms with E-state index in [2.05, 4.69) is 20.3 Å². The first-order valence-corrected chi connectivity index (χ1v) is 11.1. The van der Waals surface area contributed by atoms with Gasteiger partial charge in [0.05, 0.1) is 9.73 Å². The second-order valence-corrected chi connectivity index (χ2v) is 8.88. The van der Waals surface area contributed by atoms with E-state index >= 15 is 0 Å². The van der Waals surface area contributed by atoms with Gasteiger partial charge in [-0.2, -0.15) is 22.0 Å². The predicted molar refractivity (Wildman–Crippen MR) is 110 cm³/mol. The van der Waals surface area contributed by atoms with Gasteiger partial charge < -0.3 is 14.8 Å². The van der Waals surface area contributed by atoms with Crippen LogP contribution in [0.4, 0.5) is 27.6 Å². The highest BCUT2D eigenvalue weighted by Crippen LogP contribution is 2.32. The first-order valence-electron chi connectivity index (χ1n) is 9.16. The lowest BCUT2D eigenvalue weighted by Gasteiger charge is -2.13. The highest BCUT2D eigenvalue weighted by atomic mass is 32.2. The van der Waals surface area contributed by atoms with Gasteiger partial charge in [-0.3, -0.25) is 4.79 Å². The lowest BCUT2D eigenvalue weighted by atomic mass is 10.2. The molecule has 1 heterocycles. The number of carbonyl (C=O) groups is 1. The lowest BCUT2D eigenvalue weighted by Crippen LogP contribution is -2.18. The Kier molecular flexibility index (Phi) is 7.00. The summed E-state index contributed by atoms with van der Waals surface area (Å²) in [7, 11) is -3.12. The zero-order chi connectivity index (χ0) is 25.1. The molecule has 8 nitrogen and oxygen atoms in total. The van der Waals surface area contributed by atoms with Gasteiger partial charge in [0.15, 0.2) is 5.69 Å². The fourth-order valence-electron chi connectivity index (χ4n) is 2.57. The summed E-state index contributed by atoms with van der Waals surface area (Å²) in [5.41, 5.74) is -2.03. The number of ether oxygens (including phenoxy) is 2. The molecule has 34 heavy (non-hydrogen) atoms. The van der Waals surface area contributed by atoms with Crippen molar-refractivity contribution in [3.05, 3.63) is 65.9 Å². The van der Waals surface area contributed by atoms with Crippen LogP contribution in [0.3, 0.4) is 0 Å². The van der Waals surface area contributed by atoms with Crippen molar-refractivity contribution >= 4 is 21.3 Å². The summed E-state index contributed by atoms with van der Waals surface area (Å²) in [6, 6.07) is 10.5. The Balaban J connectivity index is 1.93. The van der Waals surface area contributed by atoms with Crippen molar-refractivity contribution in [2.45, 2.75) is 17.7 Å². The van der Waals surface area contributed by atoms with Crippen LogP contribution in [-0.4, -0.2) is 33.2 Å². The zero-order valence-corrected chi connectivity index (χ0v) is 17.9. The molecule has 0 bridgehead atoms. The number of aromatic nitrogens is 2. The molecule has 0 fully saturated rings. The molecule has 0 spiro atoms. The quantitative estimate of drug-likeness (QED) is 0.431. The molecule has 0 radical (unpaired) electrons. The Morgan fingerprint density at radius 2 is 1.71 bits per heavy atom. The number of nitrogens with zero attached hydrogens (tertiary/aromatic N) is 2. The van der Waals surface area contributed by atoms with Gasteiger partial charge in [-0.05, 0) is 48.5 Å². The van der Waals surface area contributed by atoms with Gasteiger partial charge in [0, 0.05) is 16.8 Å². The Hall–Kier alpha value is -3.81. The number of hydrogen-bond acceptors (Lipinski definition) is 7. The van der Waals surface area contributed by atoms with E-state index in [1.165, 1.54) is 42.7 Å². The molecule has 2 aromatic carbocycles. The summed E-state index contributed by atoms with van der Waals surface area (Å²) in [5.74, 6) is -1.89. The van der Waals surface area contributed by atoms with Crippen molar-refractivity contribution < 1.29 is 40.4 Å². The van der Waals surface area contributed by atoms with Gasteiger partial charge in [0.25, 0.3) is 11.8 Å². The standard InChI is InChI=1S/C20H15F5N4O4S/c1-34(26,31)14-4-2-3-11(9-14)27-17(30)15-10-16(20(23,24)25)28-29-18(15)32-12-5-7-13(8-6-12)33-19(21)22/h2-10,19,26H,1H3,(H,27,30). The van der Waals surface area contributed by atoms with Crippen molar-refractivity contribution in [3.63, 3.8) is 0 Å². The van der Waals surface area contributed by atoms with Crippen LogP contribution < -0.4 is 14.8 Å². The van der Waals surface area contributed by atoms with Crippen LogP contribution in [0, 0.1) is 4.78 Å². The summed E-state index contributed by atoms with van der Waals surface area (Å²) in [5, 5.41) is 8.72. The monoisotopic (exact) mass is 502 g/mol. The molecule has 3 rings (SSSR count). The molecule has 0 aliphatic heterocycles. The lowest BCUT2D eigenvalue weighted by molar-refractivity contribution is -0.141. The van der Waals surface area contributed by atoms with E-state index in [9.17, 15) is 31.0 Å². The molecule has 1 amide bonds. The number of halogens is 5. The first-order chi connectivity index (χ1) is 15.8. The van der Waals surface area contributed by atoms with E-state index in [0.717, 1.165) is 12.1 Å². The maximum atomic E-state index is 13.1. The van der Waals surface area contributed by atoms with Crippen molar-refractivity contribution in [1.29, 1.82) is 4.78 Å². The summed E-state index contributed by atoms with van der Waals surface area (Å²) in [6.07, 6.45) is -3.74. The smallest absolute Gasteiger partial charge is 0.435 e. The molecule has 0 aliphatic rings. The van der Waals surface area contributed by atoms with Gasteiger partial charge in [0.1, 0.15) is 17.1 Å². The van der Waals surface area contributed by atoms with Gasteiger partial charge in [-0.1, -0.05) is 6.07 Å². The van der Waals surface area contributed by atoms with Crippen LogP contribution in [0.1, 0.15) is 16.1 Å². The molecule has 14 heteroatoms. The summed E-state index contributed by atoms with van der Waals surface area (Å²) in [4.78, 5) is 12.9. The molecule has 3 aromatic rings. The summed E-state index contributed by atoms with van der Waals surface area (Å²) < 4.78 is 93.1. The Labute approximate surface area is 189 Å². The average Bonchev–Trinajstić information content (AvgIpc) is 2.74. The normalized spacial score (nSPS) is 13.3. The van der Waals surface area contributed by atoms with E-state index in [0.29, 0.717) is 6.07 Å². The van der Waals surface area contributed by atoms with E-state index < -0.39 is 45.6 Å². The number of hydrogen-bond donors (Lipinski definition) is 2. The minimum atomic E-state index is -4.91. The van der Waals surface area contributed by atoms with Crippen molar-refractivity contribution in [2.24, 2.45) is 0 Å². The zero-order valence-electron chi connectivity index (χ0n) is 17.1. The number of rotatable bonds is 7. The molecule has 0 saturated heterocycles. The van der Waals surface area contributed by atoms with E-state index in [1.54, 1.807) is 0 Å². The van der Waals surface area contributed by atoms with E-state index in [4.69, 9.17) is 9.52 Å². The summed E-state index contributed by atoms with van der Waals surface area (Å²) >= 11 is 0. The molecule has 1 unspecified atom stereocenters. The fraction of sp³-hybridized carbons (Fsp3) is 0.150. The molecular formula is C20H15F5N4O4S. The molecular weight excluding hydrogens is 487 g/mol. The molecule has 180 valence electrons. The molecule has 1 aromatic heterocycles. The number of anilines is 1. The van der Waals surface area contributed by atoms with E-state index in [-0.39, 0.29) is 22.1 Å². The molecule has 0 saturated carbocycles. The Bertz CT molecular complexity index is 1300. The predicted octanol–water partition coefficient (Wildman–Crippen LogP) is 5.18. The highest BCUT2D eigenvalue weighted by molar-refractivity contribution is 7.91. The third-order valence-corrected chi connectivity index (χ3v) is 5.25. The maximum Gasteiger partial charge on any atom is 0.435 e. The van der Waals surface area contributed by atoms with Crippen LogP contribution in [0.25, 0.3) is 0 Å². The Morgan fingerprint density at radius 3 is 2.29 bits per heavy atom. The highest BCUT2D eigenvalue weighted by Gasteiger charge is 2.35. The molecule has 2 N–H and O–H groups in total. The average molecular weight is 502 g/mol. The summed E-state index contributed by atoms with van der Waals surface area (Å²) in [6.45, 7) is -3.06. The second-order valence-electron chi connectivity index (χ2n) is 6.72. The van der Waals surface area contributed by atoms with Crippen LogP contribution in [-0.2, 0) is 15.9 Å². The third kappa shape index (κ3) is 6.37. The topological polar surface area (TPSA) is 114 Å². The minimum Gasteiger partial charge on any atom is -0.437 e. The van der Waals surface area contributed by atoms with Crippen molar-refractivity contribution in [3.8, 4) is 17.4 Å². The number of alkyl halides is 5. The van der Waals surface area contributed by atoms with Gasteiger partial charge >= 0.3 is 12.8 Å². The number of carbonyl (C=O) groups excluding carboxylic acids is 1. The fourth-order valence-corrected chi connectivity index (χ4v) is 3.26. The minimum absolute atomic E-state index is 0.0494.